The number of aliphatic carboxylic acids is 1. The van der Waals surface area contributed by atoms with Gasteiger partial charge in [-0.2, -0.15) is 0 Å². The van der Waals surface area contributed by atoms with Gasteiger partial charge in [0.05, 0.1) is 11.4 Å². The van der Waals surface area contributed by atoms with Gasteiger partial charge in [-0.1, -0.05) is 29.3 Å². The standard InChI is InChI=1S/C17H21Cl2NO5/c1-11(25-14-4-2-3-13(18)16(14)19)17(23)20(8-5-15(21)22)12-6-9-24-10-7-12/h2-4,11-12H,5-10H2,1H3,(H,21,22)/t11-/m0/s1. The average Bonchev–Trinajstić information content (AvgIpc) is 2.59. The maximum absolute atomic E-state index is 12.8. The van der Waals surface area contributed by atoms with Crippen molar-refractivity contribution in [1.82, 2.24) is 4.90 Å². The van der Waals surface area contributed by atoms with Crippen LogP contribution < -0.4 is 4.74 Å². The summed E-state index contributed by atoms with van der Waals surface area (Å²) >= 11 is 12.1. The molecule has 1 aromatic carbocycles. The van der Waals surface area contributed by atoms with Crippen LogP contribution in [0.3, 0.4) is 0 Å². The first-order valence-electron chi connectivity index (χ1n) is 8.11. The number of carboxylic acids is 1. The molecular weight excluding hydrogens is 369 g/mol. The fourth-order valence-corrected chi connectivity index (χ4v) is 3.07. The highest BCUT2D eigenvalue weighted by Gasteiger charge is 2.30. The summed E-state index contributed by atoms with van der Waals surface area (Å²) in [5.74, 6) is -0.902. The van der Waals surface area contributed by atoms with Crippen LogP contribution in [0.4, 0.5) is 0 Å². The molecule has 0 radical (unpaired) electrons. The molecule has 1 amide bonds. The van der Waals surface area contributed by atoms with E-state index in [0.717, 1.165) is 0 Å². The molecule has 25 heavy (non-hydrogen) atoms. The van der Waals surface area contributed by atoms with Gasteiger partial charge in [-0.15, -0.1) is 0 Å². The summed E-state index contributed by atoms with van der Waals surface area (Å²) < 4.78 is 11.0. The van der Waals surface area contributed by atoms with Crippen molar-refractivity contribution in [1.29, 1.82) is 0 Å². The Morgan fingerprint density at radius 1 is 1.36 bits per heavy atom. The molecule has 0 aliphatic carbocycles. The largest absolute Gasteiger partial charge is 0.481 e. The zero-order valence-electron chi connectivity index (χ0n) is 13.9. The Balaban J connectivity index is 2.10. The smallest absolute Gasteiger partial charge is 0.305 e. The van der Waals surface area contributed by atoms with Gasteiger partial charge in [0.2, 0.25) is 0 Å². The van der Waals surface area contributed by atoms with E-state index in [4.69, 9.17) is 37.8 Å². The van der Waals surface area contributed by atoms with E-state index in [1.807, 2.05) is 0 Å². The molecule has 1 heterocycles. The fraction of sp³-hybridized carbons (Fsp3) is 0.529. The summed E-state index contributed by atoms with van der Waals surface area (Å²) in [5, 5.41) is 9.54. The number of carboxylic acid groups (broad SMARTS) is 1. The number of carbonyl (C=O) groups excluding carboxylic acids is 1. The van der Waals surface area contributed by atoms with Crippen molar-refractivity contribution in [3.05, 3.63) is 28.2 Å². The first-order chi connectivity index (χ1) is 11.9. The second-order valence-corrected chi connectivity index (χ2v) is 6.62. The molecule has 1 aromatic rings. The molecule has 1 aliphatic heterocycles. The van der Waals surface area contributed by atoms with Crippen LogP contribution in [0.25, 0.3) is 0 Å². The number of ether oxygens (including phenoxy) is 2. The normalized spacial score (nSPS) is 16.3. The molecule has 0 unspecified atom stereocenters. The second kappa shape index (κ2) is 9.27. The molecule has 1 saturated heterocycles. The monoisotopic (exact) mass is 389 g/mol. The summed E-state index contributed by atoms with van der Waals surface area (Å²) in [6.45, 7) is 2.86. The fourth-order valence-electron chi connectivity index (χ4n) is 2.74. The number of benzene rings is 1. The predicted octanol–water partition coefficient (Wildman–Crippen LogP) is 3.24. The number of nitrogens with zero attached hydrogens (tertiary/aromatic N) is 1. The van der Waals surface area contributed by atoms with Crippen molar-refractivity contribution in [2.75, 3.05) is 19.8 Å². The third kappa shape index (κ3) is 5.49. The molecule has 0 bridgehead atoms. The van der Waals surface area contributed by atoms with Gasteiger partial charge in [-0.25, -0.2) is 0 Å². The first kappa shape index (κ1) is 19.8. The van der Waals surface area contributed by atoms with Crippen molar-refractivity contribution in [3.8, 4) is 5.75 Å². The Hall–Kier alpha value is -1.50. The van der Waals surface area contributed by atoms with E-state index in [9.17, 15) is 9.59 Å². The molecule has 6 nitrogen and oxygen atoms in total. The third-order valence-corrected chi connectivity index (χ3v) is 4.85. The van der Waals surface area contributed by atoms with Crippen LogP contribution in [-0.4, -0.2) is 53.8 Å². The van der Waals surface area contributed by atoms with Crippen molar-refractivity contribution >= 4 is 35.1 Å². The summed E-state index contributed by atoms with van der Waals surface area (Å²) in [5.41, 5.74) is 0. The number of carbonyl (C=O) groups is 2. The number of amides is 1. The van der Waals surface area contributed by atoms with Gasteiger partial charge in [0.25, 0.3) is 5.91 Å². The lowest BCUT2D eigenvalue weighted by Gasteiger charge is -2.35. The molecule has 0 spiro atoms. The lowest BCUT2D eigenvalue weighted by molar-refractivity contribution is -0.144. The minimum absolute atomic E-state index is 0.0542. The molecule has 2 rings (SSSR count). The van der Waals surface area contributed by atoms with Crippen LogP contribution in [0.15, 0.2) is 18.2 Å². The van der Waals surface area contributed by atoms with Gasteiger partial charge in [0, 0.05) is 25.8 Å². The van der Waals surface area contributed by atoms with E-state index in [1.54, 1.807) is 30.0 Å². The van der Waals surface area contributed by atoms with E-state index in [-0.39, 0.29) is 29.9 Å². The van der Waals surface area contributed by atoms with Gasteiger partial charge in [0.1, 0.15) is 10.8 Å². The van der Waals surface area contributed by atoms with E-state index in [2.05, 4.69) is 0 Å². The Morgan fingerprint density at radius 3 is 2.68 bits per heavy atom. The van der Waals surface area contributed by atoms with Gasteiger partial charge >= 0.3 is 5.97 Å². The zero-order chi connectivity index (χ0) is 18.4. The Kier molecular flexibility index (Phi) is 7.35. The molecule has 0 saturated carbocycles. The lowest BCUT2D eigenvalue weighted by atomic mass is 10.1. The maximum Gasteiger partial charge on any atom is 0.305 e. The second-order valence-electron chi connectivity index (χ2n) is 5.83. The summed E-state index contributed by atoms with van der Waals surface area (Å²) in [6.07, 6.45) is 0.423. The Labute approximate surface area is 156 Å². The van der Waals surface area contributed by atoms with Crippen LogP contribution in [0, 0.1) is 0 Å². The molecular formula is C17H21Cl2NO5. The number of rotatable bonds is 7. The molecule has 138 valence electrons. The van der Waals surface area contributed by atoms with Crippen molar-refractivity contribution < 1.29 is 24.2 Å². The van der Waals surface area contributed by atoms with Gasteiger partial charge in [-0.05, 0) is 31.9 Å². The highest BCUT2D eigenvalue weighted by Crippen LogP contribution is 2.32. The number of hydrogen-bond acceptors (Lipinski definition) is 4. The summed E-state index contributed by atoms with van der Waals surface area (Å²) in [6, 6.07) is 4.89. The highest BCUT2D eigenvalue weighted by atomic mass is 35.5. The molecule has 0 aromatic heterocycles. The Morgan fingerprint density at radius 2 is 2.04 bits per heavy atom. The van der Waals surface area contributed by atoms with Crippen LogP contribution in [-0.2, 0) is 14.3 Å². The molecule has 8 heteroatoms. The van der Waals surface area contributed by atoms with Gasteiger partial charge in [-0.3, -0.25) is 9.59 Å². The van der Waals surface area contributed by atoms with E-state index in [0.29, 0.717) is 36.8 Å². The Bertz CT molecular complexity index is 619. The molecule has 1 fully saturated rings. The molecule has 1 N–H and O–H groups in total. The zero-order valence-corrected chi connectivity index (χ0v) is 15.4. The van der Waals surface area contributed by atoms with E-state index >= 15 is 0 Å². The van der Waals surface area contributed by atoms with Crippen molar-refractivity contribution in [2.45, 2.75) is 38.3 Å². The topological polar surface area (TPSA) is 76.1 Å². The van der Waals surface area contributed by atoms with Gasteiger partial charge < -0.3 is 19.5 Å². The lowest BCUT2D eigenvalue weighted by Crippen LogP contribution is -2.49. The van der Waals surface area contributed by atoms with Crippen LogP contribution in [0.2, 0.25) is 10.0 Å². The number of halogens is 2. The molecule has 1 aliphatic rings. The average molecular weight is 390 g/mol. The molecule has 1 atom stereocenters. The predicted molar refractivity (Wildman–Crippen MR) is 94.4 cm³/mol. The van der Waals surface area contributed by atoms with Gasteiger partial charge in [0.15, 0.2) is 6.10 Å². The third-order valence-electron chi connectivity index (χ3n) is 4.05. The van der Waals surface area contributed by atoms with Crippen LogP contribution >= 0.6 is 23.2 Å². The quantitative estimate of drug-likeness (QED) is 0.774. The first-order valence-corrected chi connectivity index (χ1v) is 8.86. The van der Waals surface area contributed by atoms with Crippen LogP contribution in [0.5, 0.6) is 5.75 Å². The number of hydrogen-bond donors (Lipinski definition) is 1. The van der Waals surface area contributed by atoms with Crippen molar-refractivity contribution in [2.24, 2.45) is 0 Å². The minimum atomic E-state index is -0.948. The van der Waals surface area contributed by atoms with E-state index in [1.165, 1.54) is 0 Å². The van der Waals surface area contributed by atoms with E-state index < -0.39 is 12.1 Å². The van der Waals surface area contributed by atoms with Crippen LogP contribution in [0.1, 0.15) is 26.2 Å². The summed E-state index contributed by atoms with van der Waals surface area (Å²) in [4.78, 5) is 25.4. The highest BCUT2D eigenvalue weighted by molar-refractivity contribution is 6.42. The minimum Gasteiger partial charge on any atom is -0.481 e. The maximum atomic E-state index is 12.8. The van der Waals surface area contributed by atoms with Crippen molar-refractivity contribution in [3.63, 3.8) is 0 Å². The summed E-state index contributed by atoms with van der Waals surface area (Å²) in [7, 11) is 0. The SMILES string of the molecule is C[C@H](Oc1cccc(Cl)c1Cl)C(=O)N(CCC(=O)O)C1CCOCC1.